The number of aromatic nitrogens is 1. The Balaban J connectivity index is 2.15. The molecule has 1 amide bonds. The first-order valence-corrected chi connectivity index (χ1v) is 9.73. The Labute approximate surface area is 172 Å². The van der Waals surface area contributed by atoms with Gasteiger partial charge in [-0.1, -0.05) is 28.1 Å². The second kappa shape index (κ2) is 8.44. The largest absolute Gasteiger partial charge is 0.466 e. The lowest BCUT2D eigenvalue weighted by Gasteiger charge is -2.17. The fourth-order valence-corrected chi connectivity index (χ4v) is 3.43. The number of esters is 1. The van der Waals surface area contributed by atoms with Crippen molar-refractivity contribution >= 4 is 27.8 Å². The molecule has 0 spiro atoms. The van der Waals surface area contributed by atoms with E-state index in [-0.39, 0.29) is 12.4 Å². The number of nitrogens with zero attached hydrogens (tertiary/aromatic N) is 1. The number of amides is 1. The van der Waals surface area contributed by atoms with E-state index in [9.17, 15) is 9.59 Å². The summed E-state index contributed by atoms with van der Waals surface area (Å²) >= 11 is 3.46. The van der Waals surface area contributed by atoms with E-state index in [0.717, 1.165) is 32.7 Å². The predicted octanol–water partition coefficient (Wildman–Crippen LogP) is 4.42. The maximum atomic E-state index is 12.1. The Morgan fingerprint density at radius 3 is 2.39 bits per heavy atom. The second-order valence-electron chi connectivity index (χ2n) is 6.40. The third kappa shape index (κ3) is 4.17. The van der Waals surface area contributed by atoms with Crippen LogP contribution in [0.15, 0.2) is 59.1 Å². The summed E-state index contributed by atoms with van der Waals surface area (Å²) < 4.78 is 8.15. The van der Waals surface area contributed by atoms with Crippen LogP contribution < -0.4 is 5.73 Å². The van der Waals surface area contributed by atoms with Crippen LogP contribution in [0, 0.1) is 6.92 Å². The van der Waals surface area contributed by atoms with Crippen molar-refractivity contribution in [2.45, 2.75) is 20.3 Å². The maximum absolute atomic E-state index is 12.1. The van der Waals surface area contributed by atoms with Gasteiger partial charge < -0.3 is 15.0 Å². The number of halogens is 1. The third-order valence-corrected chi connectivity index (χ3v) is 4.98. The molecule has 144 valence electrons. The molecule has 5 nitrogen and oxygen atoms in total. The molecule has 1 aromatic heterocycles. The van der Waals surface area contributed by atoms with Gasteiger partial charge in [0.15, 0.2) is 0 Å². The molecule has 0 aliphatic rings. The van der Waals surface area contributed by atoms with Crippen molar-refractivity contribution in [1.82, 2.24) is 4.57 Å². The minimum absolute atomic E-state index is 0.154. The summed E-state index contributed by atoms with van der Waals surface area (Å²) in [6, 6.07) is 17.2. The SMILES string of the molecule is CCOC(=O)Cc1ccc(-c2ccc(Br)cc2)n1-c1ccc(C(N)=O)cc1C. The van der Waals surface area contributed by atoms with Gasteiger partial charge in [-0.15, -0.1) is 0 Å². The zero-order valence-corrected chi connectivity index (χ0v) is 17.3. The van der Waals surface area contributed by atoms with Gasteiger partial charge in [0.05, 0.1) is 18.7 Å². The van der Waals surface area contributed by atoms with Crippen LogP contribution in [0.3, 0.4) is 0 Å². The van der Waals surface area contributed by atoms with Crippen LogP contribution in [0.5, 0.6) is 0 Å². The molecule has 0 bridgehead atoms. The summed E-state index contributed by atoms with van der Waals surface area (Å²) in [4.78, 5) is 23.6. The summed E-state index contributed by atoms with van der Waals surface area (Å²) in [5.41, 5.74) is 10.4. The van der Waals surface area contributed by atoms with Crippen molar-refractivity contribution in [2.24, 2.45) is 5.73 Å². The molecule has 28 heavy (non-hydrogen) atoms. The van der Waals surface area contributed by atoms with Crippen LogP contribution in [0.2, 0.25) is 0 Å². The van der Waals surface area contributed by atoms with Crippen LogP contribution in [-0.2, 0) is 16.0 Å². The number of carbonyl (C=O) groups excluding carboxylic acids is 2. The molecule has 6 heteroatoms. The molecule has 0 atom stereocenters. The number of nitrogens with two attached hydrogens (primary N) is 1. The van der Waals surface area contributed by atoms with Gasteiger partial charge in [0, 0.05) is 21.4 Å². The van der Waals surface area contributed by atoms with Crippen molar-refractivity contribution in [3.8, 4) is 16.9 Å². The topological polar surface area (TPSA) is 74.3 Å². The number of primary amides is 1. The first-order chi connectivity index (χ1) is 13.4. The Morgan fingerprint density at radius 2 is 1.79 bits per heavy atom. The molecule has 0 aliphatic heterocycles. The minimum Gasteiger partial charge on any atom is -0.466 e. The average molecular weight is 441 g/mol. The Hall–Kier alpha value is -2.86. The molecule has 3 rings (SSSR count). The molecule has 0 unspecified atom stereocenters. The lowest BCUT2D eigenvalue weighted by molar-refractivity contribution is -0.142. The Morgan fingerprint density at radius 1 is 1.07 bits per heavy atom. The zero-order valence-electron chi connectivity index (χ0n) is 15.7. The minimum atomic E-state index is -0.470. The molecule has 2 N–H and O–H groups in total. The zero-order chi connectivity index (χ0) is 20.3. The molecule has 1 heterocycles. The van der Waals surface area contributed by atoms with Crippen LogP contribution in [-0.4, -0.2) is 23.1 Å². The summed E-state index contributed by atoms with van der Waals surface area (Å²) in [6.45, 7) is 4.05. The van der Waals surface area contributed by atoms with Crippen molar-refractivity contribution in [3.63, 3.8) is 0 Å². The van der Waals surface area contributed by atoms with Gasteiger partial charge in [0.25, 0.3) is 0 Å². The van der Waals surface area contributed by atoms with Gasteiger partial charge in [-0.05, 0) is 67.4 Å². The molecule has 0 radical (unpaired) electrons. The van der Waals surface area contributed by atoms with Gasteiger partial charge in [-0.25, -0.2) is 0 Å². The van der Waals surface area contributed by atoms with Crippen molar-refractivity contribution < 1.29 is 14.3 Å². The summed E-state index contributed by atoms with van der Waals surface area (Å²) in [5, 5.41) is 0. The van der Waals surface area contributed by atoms with E-state index < -0.39 is 5.91 Å². The number of hydrogen-bond donors (Lipinski definition) is 1. The fraction of sp³-hybridized carbons (Fsp3) is 0.182. The van der Waals surface area contributed by atoms with Gasteiger partial charge >= 0.3 is 5.97 Å². The van der Waals surface area contributed by atoms with Crippen molar-refractivity contribution in [3.05, 3.63) is 75.9 Å². The third-order valence-electron chi connectivity index (χ3n) is 4.45. The highest BCUT2D eigenvalue weighted by Gasteiger charge is 2.17. The van der Waals surface area contributed by atoms with E-state index in [1.807, 2.05) is 54.0 Å². The van der Waals surface area contributed by atoms with Gasteiger partial charge in [-0.2, -0.15) is 0 Å². The van der Waals surface area contributed by atoms with E-state index in [2.05, 4.69) is 15.9 Å². The molecule has 2 aromatic carbocycles. The number of benzene rings is 2. The quantitative estimate of drug-likeness (QED) is 0.576. The molecular weight excluding hydrogens is 420 g/mol. The monoisotopic (exact) mass is 440 g/mol. The highest BCUT2D eigenvalue weighted by molar-refractivity contribution is 9.10. The van der Waals surface area contributed by atoms with E-state index in [1.165, 1.54) is 0 Å². The first kappa shape index (κ1) is 19.9. The van der Waals surface area contributed by atoms with Gasteiger partial charge in [0.2, 0.25) is 5.91 Å². The molecule has 0 saturated heterocycles. The van der Waals surface area contributed by atoms with Crippen molar-refractivity contribution in [2.75, 3.05) is 6.61 Å². The fourth-order valence-electron chi connectivity index (χ4n) is 3.17. The number of rotatable bonds is 6. The highest BCUT2D eigenvalue weighted by Crippen LogP contribution is 2.30. The number of ether oxygens (including phenoxy) is 1. The van der Waals surface area contributed by atoms with E-state index in [1.54, 1.807) is 19.1 Å². The number of hydrogen-bond acceptors (Lipinski definition) is 3. The van der Waals surface area contributed by atoms with E-state index >= 15 is 0 Å². The van der Waals surface area contributed by atoms with E-state index in [0.29, 0.717) is 12.2 Å². The molecule has 0 saturated carbocycles. The number of aryl methyl sites for hydroxylation is 1. The van der Waals surface area contributed by atoms with Gasteiger partial charge in [-0.3, -0.25) is 9.59 Å². The van der Waals surface area contributed by atoms with Crippen LogP contribution in [0.25, 0.3) is 16.9 Å². The van der Waals surface area contributed by atoms with Gasteiger partial charge in [0.1, 0.15) is 0 Å². The normalized spacial score (nSPS) is 10.7. The summed E-state index contributed by atoms with van der Waals surface area (Å²) in [6.07, 6.45) is 0.154. The van der Waals surface area contributed by atoms with Crippen molar-refractivity contribution in [1.29, 1.82) is 0 Å². The molecular formula is C22H21BrN2O3. The average Bonchev–Trinajstić information content (AvgIpc) is 3.05. The molecule has 0 fully saturated rings. The summed E-state index contributed by atoms with van der Waals surface area (Å²) in [5.74, 6) is -0.752. The molecule has 3 aromatic rings. The summed E-state index contributed by atoms with van der Waals surface area (Å²) in [7, 11) is 0. The Bertz CT molecular complexity index is 1020. The van der Waals surface area contributed by atoms with E-state index in [4.69, 9.17) is 10.5 Å². The first-order valence-electron chi connectivity index (χ1n) is 8.93. The van der Waals surface area contributed by atoms with Crippen LogP contribution >= 0.6 is 15.9 Å². The lowest BCUT2D eigenvalue weighted by Crippen LogP contribution is -2.14. The maximum Gasteiger partial charge on any atom is 0.311 e. The van der Waals surface area contributed by atoms with Crippen LogP contribution in [0.4, 0.5) is 0 Å². The lowest BCUT2D eigenvalue weighted by atomic mass is 10.1. The standard InChI is InChI=1S/C22H21BrN2O3/c1-3-28-21(26)13-18-9-11-20(15-4-7-17(23)8-5-15)25(18)19-10-6-16(22(24)27)12-14(19)2/h4-12H,3,13H2,1-2H3,(H2,24,27). The highest BCUT2D eigenvalue weighted by atomic mass is 79.9. The second-order valence-corrected chi connectivity index (χ2v) is 7.32. The number of carbonyl (C=O) groups is 2. The Kier molecular flexibility index (Phi) is 5.99. The smallest absolute Gasteiger partial charge is 0.311 e. The predicted molar refractivity (Wildman–Crippen MR) is 112 cm³/mol. The molecule has 0 aliphatic carbocycles. The van der Waals surface area contributed by atoms with Crippen LogP contribution in [0.1, 0.15) is 28.5 Å².